The number of rotatable bonds is 7. The van der Waals surface area contributed by atoms with E-state index in [1.807, 2.05) is 37.3 Å². The van der Waals surface area contributed by atoms with Gasteiger partial charge < -0.3 is 11.1 Å². The summed E-state index contributed by atoms with van der Waals surface area (Å²) in [5.74, 6) is 0.412. The quantitative estimate of drug-likeness (QED) is 0.490. The molecule has 0 radical (unpaired) electrons. The van der Waals surface area contributed by atoms with E-state index in [0.717, 1.165) is 47.2 Å². The molecule has 1 aromatic carbocycles. The lowest BCUT2D eigenvalue weighted by atomic mass is 10.1. The van der Waals surface area contributed by atoms with Crippen molar-refractivity contribution in [1.82, 2.24) is 13.7 Å². The highest BCUT2D eigenvalue weighted by atomic mass is 32.2. The fraction of sp³-hybridized carbons (Fsp3) is 0.435. The molecule has 0 bridgehead atoms. The number of fused-ring (bicyclic) bond motifs is 1. The molecule has 5 unspecified atom stereocenters. The van der Waals surface area contributed by atoms with E-state index in [1.165, 1.54) is 0 Å². The molecule has 9 heteroatoms. The molecule has 2 fully saturated rings. The highest BCUT2D eigenvalue weighted by Crippen LogP contribution is 2.35. The maximum Gasteiger partial charge on any atom is 0.158 e. The van der Waals surface area contributed by atoms with E-state index in [-0.39, 0.29) is 12.1 Å². The summed E-state index contributed by atoms with van der Waals surface area (Å²) < 4.78 is 30.5. The molecule has 32 heavy (non-hydrogen) atoms. The first-order valence-electron chi connectivity index (χ1n) is 11.1. The smallest absolute Gasteiger partial charge is 0.158 e. The van der Waals surface area contributed by atoms with Crippen LogP contribution in [0.1, 0.15) is 38.2 Å². The molecule has 7 nitrogen and oxygen atoms in total. The number of hydrogen-bond donors (Lipinski definition) is 3. The standard InChI is InChI=1S/C23H29N5O2S2/c1-14-3-5-18(6-4-14)32(30)28-10-9-19-22(20(24)13-25-23(19)28)26-21-12-16(11-15(21)2)27-31(29)17-7-8-17/h3-6,9-10,13,15-17,21,27H,7-8,11-12,24H2,1-2H3,(H,25,26). The van der Waals surface area contributed by atoms with Crippen LogP contribution < -0.4 is 15.8 Å². The van der Waals surface area contributed by atoms with E-state index in [2.05, 4.69) is 21.9 Å². The van der Waals surface area contributed by atoms with Crippen LogP contribution in [0.25, 0.3) is 11.0 Å². The number of anilines is 2. The van der Waals surface area contributed by atoms with E-state index in [0.29, 0.717) is 22.5 Å². The largest absolute Gasteiger partial charge is 0.396 e. The zero-order valence-corrected chi connectivity index (χ0v) is 19.9. The van der Waals surface area contributed by atoms with Crippen molar-refractivity contribution in [3.8, 4) is 0 Å². The van der Waals surface area contributed by atoms with Gasteiger partial charge in [0.05, 0.1) is 33.5 Å². The minimum atomic E-state index is -1.39. The van der Waals surface area contributed by atoms with Crippen LogP contribution in [-0.4, -0.2) is 34.7 Å². The van der Waals surface area contributed by atoms with Crippen molar-refractivity contribution in [1.29, 1.82) is 0 Å². The summed E-state index contributed by atoms with van der Waals surface area (Å²) in [5, 5.41) is 4.83. The predicted octanol–water partition coefficient (Wildman–Crippen LogP) is 3.49. The Hall–Kier alpha value is -2.23. The molecule has 4 N–H and O–H groups in total. The molecule has 5 atom stereocenters. The highest BCUT2D eigenvalue weighted by Gasteiger charge is 2.36. The molecule has 2 aliphatic carbocycles. The lowest BCUT2D eigenvalue weighted by Gasteiger charge is -2.20. The van der Waals surface area contributed by atoms with Gasteiger partial charge in [0.15, 0.2) is 16.6 Å². The number of nitrogens with two attached hydrogens (primary N) is 1. The molecule has 2 heterocycles. The second-order valence-electron chi connectivity index (χ2n) is 9.04. The number of pyridine rings is 1. The van der Waals surface area contributed by atoms with Gasteiger partial charge in [0.25, 0.3) is 0 Å². The summed E-state index contributed by atoms with van der Waals surface area (Å²) in [4.78, 5) is 5.22. The number of nitrogen functional groups attached to an aromatic ring is 1. The van der Waals surface area contributed by atoms with Crippen molar-refractivity contribution in [2.45, 2.75) is 61.8 Å². The molecule has 2 aromatic heterocycles. The zero-order valence-electron chi connectivity index (χ0n) is 18.3. The lowest BCUT2D eigenvalue weighted by Crippen LogP contribution is -2.31. The molecule has 2 saturated carbocycles. The predicted molar refractivity (Wildman–Crippen MR) is 131 cm³/mol. The Labute approximate surface area is 193 Å². The minimum Gasteiger partial charge on any atom is -0.396 e. The third kappa shape index (κ3) is 4.21. The van der Waals surface area contributed by atoms with Gasteiger partial charge in [-0.1, -0.05) is 24.6 Å². The van der Waals surface area contributed by atoms with Crippen molar-refractivity contribution in [2.75, 3.05) is 11.1 Å². The van der Waals surface area contributed by atoms with Gasteiger partial charge in [-0.05, 0) is 56.7 Å². The van der Waals surface area contributed by atoms with Crippen LogP contribution in [0.3, 0.4) is 0 Å². The number of benzene rings is 1. The average molecular weight is 472 g/mol. The van der Waals surface area contributed by atoms with Gasteiger partial charge in [0.2, 0.25) is 0 Å². The molecular formula is C23H29N5O2S2. The van der Waals surface area contributed by atoms with Gasteiger partial charge in [-0.15, -0.1) is 0 Å². The van der Waals surface area contributed by atoms with Crippen molar-refractivity contribution >= 4 is 44.4 Å². The normalized spacial score (nSPS) is 25.1. The Kier molecular flexibility index (Phi) is 5.81. The van der Waals surface area contributed by atoms with Crippen LogP contribution in [0.5, 0.6) is 0 Å². The SMILES string of the molecule is Cc1ccc(S(=O)n2ccc3c(NC4CC(NS(=O)C5CC5)CC4C)c(N)cnc32)cc1. The topological polar surface area (TPSA) is 102 Å². The van der Waals surface area contributed by atoms with E-state index in [9.17, 15) is 8.42 Å². The van der Waals surface area contributed by atoms with Crippen molar-refractivity contribution in [2.24, 2.45) is 5.92 Å². The lowest BCUT2D eigenvalue weighted by molar-refractivity contribution is 0.547. The Balaban J connectivity index is 1.38. The Morgan fingerprint density at radius 1 is 1.12 bits per heavy atom. The summed E-state index contributed by atoms with van der Waals surface area (Å²) in [6.07, 6.45) is 7.43. The van der Waals surface area contributed by atoms with Crippen LogP contribution in [0.4, 0.5) is 11.4 Å². The summed E-state index contributed by atoms with van der Waals surface area (Å²) >= 11 is 0. The first kappa shape index (κ1) is 21.6. The number of nitrogens with zero attached hydrogens (tertiary/aromatic N) is 2. The van der Waals surface area contributed by atoms with Gasteiger partial charge in [-0.3, -0.25) is 0 Å². The molecule has 170 valence electrons. The monoisotopic (exact) mass is 471 g/mol. The highest BCUT2D eigenvalue weighted by molar-refractivity contribution is 7.84. The maximum absolute atomic E-state index is 13.2. The van der Waals surface area contributed by atoms with Crippen LogP contribution in [-0.2, 0) is 22.0 Å². The first-order valence-corrected chi connectivity index (χ1v) is 13.4. The van der Waals surface area contributed by atoms with E-state index >= 15 is 0 Å². The third-order valence-electron chi connectivity index (χ3n) is 6.43. The maximum atomic E-state index is 13.2. The molecule has 0 aliphatic heterocycles. The van der Waals surface area contributed by atoms with Crippen LogP contribution >= 0.6 is 0 Å². The molecule has 2 aliphatic rings. The number of hydrogen-bond acceptors (Lipinski definition) is 5. The molecule has 3 aromatic rings. The number of nitrogens with one attached hydrogen (secondary N) is 2. The van der Waals surface area contributed by atoms with Crippen LogP contribution in [0.2, 0.25) is 0 Å². The van der Waals surface area contributed by atoms with Crippen molar-refractivity contribution in [3.63, 3.8) is 0 Å². The van der Waals surface area contributed by atoms with Crippen LogP contribution in [0.15, 0.2) is 47.6 Å². The Bertz CT molecular complexity index is 1190. The fourth-order valence-corrected chi connectivity index (χ4v) is 6.76. The zero-order chi connectivity index (χ0) is 22.4. The van der Waals surface area contributed by atoms with E-state index < -0.39 is 22.0 Å². The van der Waals surface area contributed by atoms with Gasteiger partial charge >= 0.3 is 0 Å². The van der Waals surface area contributed by atoms with E-state index in [1.54, 1.807) is 16.4 Å². The Morgan fingerprint density at radius 2 is 1.88 bits per heavy atom. The molecular weight excluding hydrogens is 442 g/mol. The van der Waals surface area contributed by atoms with Crippen molar-refractivity contribution < 1.29 is 8.42 Å². The summed E-state index contributed by atoms with van der Waals surface area (Å²) in [6, 6.07) is 10.0. The summed E-state index contributed by atoms with van der Waals surface area (Å²) in [5.41, 5.74) is 9.47. The Morgan fingerprint density at radius 3 is 2.59 bits per heavy atom. The minimum absolute atomic E-state index is 0.211. The molecule has 0 saturated heterocycles. The second-order valence-corrected chi connectivity index (χ2v) is 11.9. The van der Waals surface area contributed by atoms with Gasteiger partial charge in [-0.2, -0.15) is 0 Å². The van der Waals surface area contributed by atoms with Gasteiger partial charge in [-0.25, -0.2) is 22.1 Å². The van der Waals surface area contributed by atoms with Crippen molar-refractivity contribution in [3.05, 3.63) is 48.3 Å². The van der Waals surface area contributed by atoms with E-state index in [4.69, 9.17) is 5.73 Å². The summed E-state index contributed by atoms with van der Waals surface area (Å²) in [6.45, 7) is 4.22. The average Bonchev–Trinajstić information content (AvgIpc) is 3.45. The third-order valence-corrected chi connectivity index (χ3v) is 9.40. The molecule has 0 spiro atoms. The number of aryl methyl sites for hydroxylation is 1. The second kappa shape index (κ2) is 8.61. The molecule has 0 amide bonds. The molecule has 5 rings (SSSR count). The first-order chi connectivity index (χ1) is 15.4. The van der Waals surface area contributed by atoms with Crippen LogP contribution in [0, 0.1) is 12.8 Å². The van der Waals surface area contributed by atoms with Gasteiger partial charge in [0, 0.05) is 28.9 Å². The number of aromatic nitrogens is 2. The fourth-order valence-electron chi connectivity index (χ4n) is 4.42. The summed E-state index contributed by atoms with van der Waals surface area (Å²) in [7, 11) is -2.32. The van der Waals surface area contributed by atoms with Gasteiger partial charge in [0.1, 0.15) is 0 Å².